The van der Waals surface area contributed by atoms with Gasteiger partial charge in [-0.25, -0.2) is 0 Å². The topological polar surface area (TPSA) is 72.0 Å². The number of nitrogens with zero attached hydrogens (tertiary/aromatic N) is 3. The van der Waals surface area contributed by atoms with Gasteiger partial charge in [0.25, 0.3) is 0 Å². The van der Waals surface area contributed by atoms with E-state index in [9.17, 15) is 0 Å². The van der Waals surface area contributed by atoms with E-state index in [1.807, 2.05) is 6.92 Å². The summed E-state index contributed by atoms with van der Waals surface area (Å²) in [5.74, 6) is 2.07. The van der Waals surface area contributed by atoms with Gasteiger partial charge in [-0.15, -0.1) is 0 Å². The van der Waals surface area contributed by atoms with Crippen molar-refractivity contribution >= 4 is 11.9 Å². The zero-order valence-corrected chi connectivity index (χ0v) is 13.4. The van der Waals surface area contributed by atoms with Crippen LogP contribution in [0, 0.1) is 5.92 Å². The van der Waals surface area contributed by atoms with Gasteiger partial charge in [0, 0.05) is 12.6 Å². The summed E-state index contributed by atoms with van der Waals surface area (Å²) in [6.07, 6.45) is 7.63. The van der Waals surface area contributed by atoms with Gasteiger partial charge in [0.15, 0.2) is 0 Å². The third-order valence-corrected chi connectivity index (χ3v) is 4.01. The molecule has 6 nitrogen and oxygen atoms in total. The minimum atomic E-state index is 0.350. The van der Waals surface area contributed by atoms with Crippen LogP contribution >= 0.6 is 0 Å². The molecule has 0 aromatic carbocycles. The van der Waals surface area contributed by atoms with E-state index in [0.29, 0.717) is 23.9 Å². The van der Waals surface area contributed by atoms with Crippen molar-refractivity contribution in [1.82, 2.24) is 15.0 Å². The van der Waals surface area contributed by atoms with Gasteiger partial charge in [0.1, 0.15) is 0 Å². The molecule has 0 atom stereocenters. The van der Waals surface area contributed by atoms with E-state index in [-0.39, 0.29) is 0 Å². The Kier molecular flexibility index (Phi) is 6.02. The predicted molar refractivity (Wildman–Crippen MR) is 84.8 cm³/mol. The highest BCUT2D eigenvalue weighted by Gasteiger charge is 2.21. The van der Waals surface area contributed by atoms with Crippen molar-refractivity contribution in [2.75, 3.05) is 24.3 Å². The highest BCUT2D eigenvalue weighted by Crippen LogP contribution is 2.29. The number of ether oxygens (including phenoxy) is 1. The molecule has 6 heteroatoms. The molecule has 2 N–H and O–H groups in total. The van der Waals surface area contributed by atoms with Crippen LogP contribution in [0.4, 0.5) is 11.9 Å². The van der Waals surface area contributed by atoms with Crippen molar-refractivity contribution in [3.05, 3.63) is 0 Å². The fraction of sp³-hybridized carbons (Fsp3) is 0.800. The van der Waals surface area contributed by atoms with Crippen molar-refractivity contribution in [3.8, 4) is 6.01 Å². The van der Waals surface area contributed by atoms with Crippen LogP contribution in [0.3, 0.4) is 0 Å². The summed E-state index contributed by atoms with van der Waals surface area (Å²) in [5, 5.41) is 6.54. The van der Waals surface area contributed by atoms with E-state index >= 15 is 0 Å². The normalized spacial score (nSPS) is 21.9. The maximum atomic E-state index is 5.14. The summed E-state index contributed by atoms with van der Waals surface area (Å²) in [6, 6.07) is 0.808. The minimum absolute atomic E-state index is 0.350. The molecule has 1 aliphatic rings. The van der Waals surface area contributed by atoms with Crippen molar-refractivity contribution in [2.24, 2.45) is 5.92 Å². The van der Waals surface area contributed by atoms with Crippen molar-refractivity contribution in [1.29, 1.82) is 0 Å². The quantitative estimate of drug-likeness (QED) is 0.805. The Morgan fingerprint density at radius 2 is 1.76 bits per heavy atom. The summed E-state index contributed by atoms with van der Waals surface area (Å²) in [7, 11) is 1.57. The first-order valence-corrected chi connectivity index (χ1v) is 8.05. The number of aromatic nitrogens is 3. The number of hydrogen-bond acceptors (Lipinski definition) is 6. The number of methoxy groups -OCH3 is 1. The van der Waals surface area contributed by atoms with Crippen molar-refractivity contribution < 1.29 is 4.74 Å². The highest BCUT2D eigenvalue weighted by molar-refractivity contribution is 5.36. The maximum Gasteiger partial charge on any atom is 0.322 e. The second kappa shape index (κ2) is 8.00. The van der Waals surface area contributed by atoms with Crippen LogP contribution in [0.15, 0.2) is 0 Å². The smallest absolute Gasteiger partial charge is 0.322 e. The van der Waals surface area contributed by atoms with E-state index in [4.69, 9.17) is 4.74 Å². The molecule has 118 valence electrons. The standard InChI is InChI=1S/C15H27N5O/c1-4-6-11-7-9-12(10-8-11)17-14-18-13(16-5-2)19-15(20-14)21-3/h11-12H,4-10H2,1-3H3,(H2,16,17,18,19,20). The average Bonchev–Trinajstić information content (AvgIpc) is 2.49. The Morgan fingerprint density at radius 1 is 1.05 bits per heavy atom. The molecule has 1 saturated carbocycles. The predicted octanol–water partition coefficient (Wildman–Crippen LogP) is 3.08. The number of hydrogen-bond donors (Lipinski definition) is 2. The molecule has 21 heavy (non-hydrogen) atoms. The largest absolute Gasteiger partial charge is 0.467 e. The van der Waals surface area contributed by atoms with Crippen LogP contribution in [0.25, 0.3) is 0 Å². The third-order valence-electron chi connectivity index (χ3n) is 4.01. The second-order valence-corrected chi connectivity index (χ2v) is 5.65. The van der Waals surface area contributed by atoms with Crippen LogP contribution in [0.2, 0.25) is 0 Å². The van der Waals surface area contributed by atoms with E-state index < -0.39 is 0 Å². The lowest BCUT2D eigenvalue weighted by Gasteiger charge is -2.28. The lowest BCUT2D eigenvalue weighted by atomic mass is 9.83. The molecule has 1 aromatic rings. The van der Waals surface area contributed by atoms with E-state index in [0.717, 1.165) is 12.5 Å². The first-order chi connectivity index (χ1) is 10.2. The number of nitrogens with one attached hydrogen (secondary N) is 2. The average molecular weight is 293 g/mol. The Hall–Kier alpha value is -1.59. The number of rotatable bonds is 7. The zero-order chi connectivity index (χ0) is 15.1. The maximum absolute atomic E-state index is 5.14. The van der Waals surface area contributed by atoms with Gasteiger partial charge in [0.05, 0.1) is 7.11 Å². The molecule has 1 fully saturated rings. The van der Waals surface area contributed by atoms with Crippen LogP contribution in [-0.2, 0) is 0 Å². The molecule has 2 rings (SSSR count). The van der Waals surface area contributed by atoms with Gasteiger partial charge in [0.2, 0.25) is 11.9 Å². The summed E-state index contributed by atoms with van der Waals surface area (Å²) < 4.78 is 5.14. The molecule has 0 saturated heterocycles. The monoisotopic (exact) mass is 293 g/mol. The third kappa shape index (κ3) is 4.72. The SMILES string of the molecule is CCCC1CCC(Nc2nc(NCC)nc(OC)n2)CC1. The van der Waals surface area contributed by atoms with Crippen LogP contribution < -0.4 is 15.4 Å². The minimum Gasteiger partial charge on any atom is -0.467 e. The van der Waals surface area contributed by atoms with E-state index in [1.165, 1.54) is 38.5 Å². The van der Waals surface area contributed by atoms with Gasteiger partial charge >= 0.3 is 6.01 Å². The fourth-order valence-corrected chi connectivity index (χ4v) is 2.94. The second-order valence-electron chi connectivity index (χ2n) is 5.65. The summed E-state index contributed by atoms with van der Waals surface area (Å²) in [5.41, 5.74) is 0. The van der Waals surface area contributed by atoms with Gasteiger partial charge < -0.3 is 15.4 Å². The summed E-state index contributed by atoms with van der Waals surface area (Å²) in [6.45, 7) is 5.05. The molecule has 1 heterocycles. The zero-order valence-electron chi connectivity index (χ0n) is 13.4. The van der Waals surface area contributed by atoms with Gasteiger partial charge in [-0.1, -0.05) is 19.8 Å². The van der Waals surface area contributed by atoms with Crippen LogP contribution in [-0.4, -0.2) is 34.6 Å². The molecule has 0 bridgehead atoms. The van der Waals surface area contributed by atoms with Crippen LogP contribution in [0.5, 0.6) is 6.01 Å². The van der Waals surface area contributed by atoms with Gasteiger partial charge in [-0.3, -0.25) is 0 Å². The molecular formula is C15H27N5O. The fourth-order valence-electron chi connectivity index (χ4n) is 2.94. The molecule has 0 radical (unpaired) electrons. The summed E-state index contributed by atoms with van der Waals surface area (Å²) in [4.78, 5) is 12.9. The Morgan fingerprint density at radius 3 is 2.38 bits per heavy atom. The Balaban J connectivity index is 1.94. The van der Waals surface area contributed by atoms with Gasteiger partial charge in [-0.05, 0) is 38.5 Å². The molecule has 0 aliphatic heterocycles. The summed E-state index contributed by atoms with van der Waals surface area (Å²) >= 11 is 0. The van der Waals surface area contributed by atoms with Crippen LogP contribution in [0.1, 0.15) is 52.4 Å². The van der Waals surface area contributed by atoms with E-state index in [2.05, 4.69) is 32.5 Å². The molecule has 0 spiro atoms. The molecular weight excluding hydrogens is 266 g/mol. The Labute approximate surface area is 127 Å². The lowest BCUT2D eigenvalue weighted by molar-refractivity contribution is 0.318. The first kappa shape index (κ1) is 15.8. The Bertz CT molecular complexity index is 432. The first-order valence-electron chi connectivity index (χ1n) is 8.05. The highest BCUT2D eigenvalue weighted by atomic mass is 16.5. The molecule has 1 aromatic heterocycles. The van der Waals surface area contributed by atoms with Crippen molar-refractivity contribution in [2.45, 2.75) is 58.4 Å². The molecule has 0 amide bonds. The van der Waals surface area contributed by atoms with Crippen molar-refractivity contribution in [3.63, 3.8) is 0 Å². The molecule has 0 unspecified atom stereocenters. The van der Waals surface area contributed by atoms with E-state index in [1.54, 1.807) is 7.11 Å². The van der Waals surface area contributed by atoms with Gasteiger partial charge in [-0.2, -0.15) is 15.0 Å². The number of anilines is 2. The molecule has 1 aliphatic carbocycles. The lowest BCUT2D eigenvalue weighted by Crippen LogP contribution is -2.27.